The molecule has 1 aromatic rings. The third-order valence-electron chi connectivity index (χ3n) is 4.22. The molecule has 0 aliphatic carbocycles. The topological polar surface area (TPSA) is 27.7 Å². The Morgan fingerprint density at radius 2 is 2.38 bits per heavy atom. The molecule has 2 heterocycles. The van der Waals surface area contributed by atoms with Crippen molar-refractivity contribution in [1.29, 1.82) is 0 Å². The van der Waals surface area contributed by atoms with Gasteiger partial charge in [-0.1, -0.05) is 0 Å². The molecule has 21 heavy (non-hydrogen) atoms. The molecule has 2 unspecified atom stereocenters. The second kappa shape index (κ2) is 6.67. The van der Waals surface area contributed by atoms with E-state index in [2.05, 4.69) is 0 Å². The predicted octanol–water partition coefficient (Wildman–Crippen LogP) is 3.87. The smallest absolute Gasteiger partial charge is 0.124 e. The molecule has 2 fully saturated rings. The lowest BCUT2D eigenvalue weighted by Gasteiger charge is -2.37. The number of rotatable bonds is 4. The molecule has 0 bridgehead atoms. The SMILES string of the molecule is COc1ccc(OC2CCOC3(CCSC3)C2)c(CCl)c1. The molecule has 5 heteroatoms. The molecule has 1 aromatic carbocycles. The number of halogens is 1. The minimum Gasteiger partial charge on any atom is -0.497 e. The highest BCUT2D eigenvalue weighted by Gasteiger charge is 2.41. The molecule has 1 spiro atoms. The lowest BCUT2D eigenvalue weighted by Crippen LogP contribution is -2.43. The first-order valence-electron chi connectivity index (χ1n) is 7.36. The number of benzene rings is 1. The molecule has 116 valence electrons. The summed E-state index contributed by atoms with van der Waals surface area (Å²) in [5.41, 5.74) is 1.03. The predicted molar refractivity (Wildman–Crippen MR) is 86.8 cm³/mol. The van der Waals surface area contributed by atoms with Gasteiger partial charge in [0.25, 0.3) is 0 Å². The fraction of sp³-hybridized carbons (Fsp3) is 0.625. The number of hydrogen-bond acceptors (Lipinski definition) is 4. The summed E-state index contributed by atoms with van der Waals surface area (Å²) in [6.07, 6.45) is 3.28. The summed E-state index contributed by atoms with van der Waals surface area (Å²) >= 11 is 8.02. The lowest BCUT2D eigenvalue weighted by atomic mass is 9.91. The van der Waals surface area contributed by atoms with Gasteiger partial charge in [0.15, 0.2) is 0 Å². The van der Waals surface area contributed by atoms with Crippen molar-refractivity contribution in [2.24, 2.45) is 0 Å². The first-order valence-corrected chi connectivity index (χ1v) is 9.05. The van der Waals surface area contributed by atoms with Gasteiger partial charge in [-0.25, -0.2) is 0 Å². The van der Waals surface area contributed by atoms with E-state index in [0.717, 1.165) is 48.7 Å². The summed E-state index contributed by atoms with van der Waals surface area (Å²) in [5, 5.41) is 0. The Morgan fingerprint density at radius 1 is 1.48 bits per heavy atom. The largest absolute Gasteiger partial charge is 0.497 e. The summed E-state index contributed by atoms with van der Waals surface area (Å²) in [5.74, 6) is 4.41. The van der Waals surface area contributed by atoms with Crippen LogP contribution in [-0.4, -0.2) is 36.9 Å². The van der Waals surface area contributed by atoms with E-state index in [1.807, 2.05) is 30.0 Å². The van der Waals surface area contributed by atoms with Crippen LogP contribution >= 0.6 is 23.4 Å². The average Bonchev–Trinajstić information content (AvgIpc) is 2.95. The Bertz CT molecular complexity index is 488. The standard InChI is InChI=1S/C16H21ClO3S/c1-18-13-2-3-15(12(8-13)10-17)20-14-4-6-19-16(9-14)5-7-21-11-16/h2-3,8,14H,4-7,9-11H2,1H3. The lowest BCUT2D eigenvalue weighted by molar-refractivity contribution is -0.0960. The summed E-state index contributed by atoms with van der Waals surface area (Å²) in [6, 6.07) is 5.83. The van der Waals surface area contributed by atoms with Crippen molar-refractivity contribution in [3.8, 4) is 11.5 Å². The highest BCUT2D eigenvalue weighted by Crippen LogP contribution is 2.39. The van der Waals surface area contributed by atoms with Gasteiger partial charge in [0.1, 0.15) is 17.6 Å². The van der Waals surface area contributed by atoms with Crippen LogP contribution in [0.5, 0.6) is 11.5 Å². The summed E-state index contributed by atoms with van der Waals surface area (Å²) < 4.78 is 17.5. The van der Waals surface area contributed by atoms with Crippen LogP contribution in [0, 0.1) is 0 Å². The van der Waals surface area contributed by atoms with Gasteiger partial charge in [0.05, 0.1) is 25.2 Å². The van der Waals surface area contributed by atoms with Crippen molar-refractivity contribution in [2.45, 2.75) is 36.8 Å². The zero-order chi connectivity index (χ0) is 14.7. The number of methoxy groups -OCH3 is 1. The molecule has 0 saturated carbocycles. The summed E-state index contributed by atoms with van der Waals surface area (Å²) in [7, 11) is 1.66. The molecule has 0 N–H and O–H groups in total. The van der Waals surface area contributed by atoms with Crippen LogP contribution in [0.25, 0.3) is 0 Å². The van der Waals surface area contributed by atoms with Gasteiger partial charge in [0.2, 0.25) is 0 Å². The number of thioether (sulfide) groups is 1. The van der Waals surface area contributed by atoms with E-state index in [0.29, 0.717) is 5.88 Å². The molecule has 2 aliphatic heterocycles. The highest BCUT2D eigenvalue weighted by atomic mass is 35.5. The van der Waals surface area contributed by atoms with Crippen molar-refractivity contribution in [3.05, 3.63) is 23.8 Å². The van der Waals surface area contributed by atoms with Gasteiger partial charge >= 0.3 is 0 Å². The highest BCUT2D eigenvalue weighted by molar-refractivity contribution is 7.99. The van der Waals surface area contributed by atoms with Crippen LogP contribution in [0.15, 0.2) is 18.2 Å². The first kappa shape index (κ1) is 15.3. The number of hydrogen-bond donors (Lipinski definition) is 0. The molecule has 0 amide bonds. The van der Waals surface area contributed by atoms with E-state index < -0.39 is 0 Å². The van der Waals surface area contributed by atoms with Crippen LogP contribution in [0.3, 0.4) is 0 Å². The molecule has 0 aromatic heterocycles. The van der Waals surface area contributed by atoms with Gasteiger partial charge in [-0.05, 0) is 30.4 Å². The van der Waals surface area contributed by atoms with Crippen LogP contribution in [0.4, 0.5) is 0 Å². The van der Waals surface area contributed by atoms with Crippen molar-refractivity contribution in [1.82, 2.24) is 0 Å². The normalized spacial score (nSPS) is 28.8. The van der Waals surface area contributed by atoms with Crippen molar-refractivity contribution >= 4 is 23.4 Å². The van der Waals surface area contributed by atoms with Crippen molar-refractivity contribution < 1.29 is 14.2 Å². The monoisotopic (exact) mass is 328 g/mol. The van der Waals surface area contributed by atoms with E-state index in [-0.39, 0.29) is 11.7 Å². The average molecular weight is 329 g/mol. The maximum Gasteiger partial charge on any atom is 0.124 e. The van der Waals surface area contributed by atoms with Gasteiger partial charge < -0.3 is 14.2 Å². The maximum absolute atomic E-state index is 6.23. The van der Waals surface area contributed by atoms with E-state index in [1.165, 1.54) is 5.75 Å². The minimum absolute atomic E-state index is 0.0428. The van der Waals surface area contributed by atoms with Crippen molar-refractivity contribution in [3.63, 3.8) is 0 Å². The van der Waals surface area contributed by atoms with Crippen LogP contribution < -0.4 is 9.47 Å². The quantitative estimate of drug-likeness (QED) is 0.784. The molecule has 2 aliphatic rings. The summed E-state index contributed by atoms with van der Waals surface area (Å²) in [6.45, 7) is 0.789. The Morgan fingerprint density at radius 3 is 3.10 bits per heavy atom. The van der Waals surface area contributed by atoms with Gasteiger partial charge in [-0.15, -0.1) is 11.6 Å². The molecule has 2 saturated heterocycles. The second-order valence-electron chi connectivity index (χ2n) is 5.67. The van der Waals surface area contributed by atoms with Crippen LogP contribution in [-0.2, 0) is 10.6 Å². The van der Waals surface area contributed by atoms with Crippen LogP contribution in [0.2, 0.25) is 0 Å². The zero-order valence-electron chi connectivity index (χ0n) is 12.3. The van der Waals surface area contributed by atoms with Gasteiger partial charge in [-0.2, -0.15) is 11.8 Å². The maximum atomic E-state index is 6.23. The molecular formula is C16H21ClO3S. The Hall–Kier alpha value is -0.580. The second-order valence-corrected chi connectivity index (χ2v) is 7.05. The van der Waals surface area contributed by atoms with E-state index in [9.17, 15) is 0 Å². The fourth-order valence-electron chi connectivity index (χ4n) is 3.03. The Labute approximate surface area is 135 Å². The van der Waals surface area contributed by atoms with E-state index >= 15 is 0 Å². The summed E-state index contributed by atoms with van der Waals surface area (Å²) in [4.78, 5) is 0. The zero-order valence-corrected chi connectivity index (χ0v) is 13.8. The molecular weight excluding hydrogens is 308 g/mol. The van der Waals surface area contributed by atoms with E-state index in [1.54, 1.807) is 7.11 Å². The third-order valence-corrected chi connectivity index (χ3v) is 5.73. The Kier molecular flexibility index (Phi) is 4.87. The fourth-order valence-corrected chi connectivity index (χ4v) is 4.62. The van der Waals surface area contributed by atoms with Gasteiger partial charge in [0, 0.05) is 24.2 Å². The van der Waals surface area contributed by atoms with E-state index in [4.69, 9.17) is 25.8 Å². The molecule has 3 rings (SSSR count). The molecule has 3 nitrogen and oxygen atoms in total. The molecule has 2 atom stereocenters. The first-order chi connectivity index (χ1) is 10.2. The third kappa shape index (κ3) is 3.43. The van der Waals surface area contributed by atoms with Crippen LogP contribution in [0.1, 0.15) is 24.8 Å². The number of ether oxygens (including phenoxy) is 3. The Balaban J connectivity index is 1.71. The molecule has 0 radical (unpaired) electrons. The van der Waals surface area contributed by atoms with Gasteiger partial charge in [-0.3, -0.25) is 0 Å². The minimum atomic E-state index is 0.0428. The van der Waals surface area contributed by atoms with Crippen molar-refractivity contribution in [2.75, 3.05) is 25.2 Å². The number of alkyl halides is 1.